The summed E-state index contributed by atoms with van der Waals surface area (Å²) >= 11 is 0. The Bertz CT molecular complexity index is 1070. The molecule has 0 aliphatic rings. The number of carboxylic acids is 1. The number of esters is 2. The highest BCUT2D eigenvalue weighted by Crippen LogP contribution is 2.12. The predicted octanol–water partition coefficient (Wildman–Crippen LogP) is 10.6. The maximum atomic E-state index is 12.7. The summed E-state index contributed by atoms with van der Waals surface area (Å²) in [5.74, 6) is -2.06. The highest BCUT2D eigenvalue weighted by atomic mass is 16.7. The molecule has 0 aliphatic carbocycles. The number of ether oxygens (including phenoxy) is 4. The van der Waals surface area contributed by atoms with Crippen molar-refractivity contribution in [3.63, 3.8) is 0 Å². The molecule has 0 spiro atoms. The van der Waals surface area contributed by atoms with Gasteiger partial charge in [-0.2, -0.15) is 0 Å². The summed E-state index contributed by atoms with van der Waals surface area (Å²) in [6.07, 6.45) is 39.9. The van der Waals surface area contributed by atoms with Crippen LogP contribution in [0.2, 0.25) is 0 Å². The third-order valence-electron chi connectivity index (χ3n) is 8.51. The van der Waals surface area contributed by atoms with Crippen LogP contribution in [0.15, 0.2) is 60.8 Å². The molecule has 0 rings (SSSR count). The number of carbonyl (C=O) groups is 3. The van der Waals surface area contributed by atoms with Crippen LogP contribution < -0.4 is 0 Å². The van der Waals surface area contributed by atoms with Gasteiger partial charge in [-0.25, -0.2) is 4.79 Å². The van der Waals surface area contributed by atoms with Gasteiger partial charge < -0.3 is 28.5 Å². The van der Waals surface area contributed by atoms with Crippen LogP contribution in [0.3, 0.4) is 0 Å². The van der Waals surface area contributed by atoms with Gasteiger partial charge in [-0.15, -0.1) is 0 Å². The van der Waals surface area contributed by atoms with Crippen molar-refractivity contribution < 1.29 is 42.9 Å². The molecule has 0 saturated heterocycles. The zero-order valence-corrected chi connectivity index (χ0v) is 34.9. The van der Waals surface area contributed by atoms with Gasteiger partial charge in [0, 0.05) is 12.8 Å². The topological polar surface area (TPSA) is 108 Å². The van der Waals surface area contributed by atoms with E-state index in [1.165, 1.54) is 25.7 Å². The fourth-order valence-electron chi connectivity index (χ4n) is 5.23. The number of unbranched alkanes of at least 4 members (excludes halogenated alkanes) is 12. The van der Waals surface area contributed by atoms with Crippen molar-refractivity contribution in [3.05, 3.63) is 60.8 Å². The molecule has 0 aromatic carbocycles. The van der Waals surface area contributed by atoms with E-state index in [9.17, 15) is 19.5 Å². The van der Waals surface area contributed by atoms with Crippen molar-refractivity contribution in [1.29, 1.82) is 0 Å². The van der Waals surface area contributed by atoms with E-state index in [1.807, 2.05) is 21.1 Å². The van der Waals surface area contributed by atoms with Crippen LogP contribution in [0, 0.1) is 0 Å². The Kier molecular flexibility index (Phi) is 34.9. The number of likely N-dealkylation sites (N-methyl/N-ethyl adjacent to an activating group) is 1. The minimum atomic E-state index is -1.52. The maximum absolute atomic E-state index is 12.7. The molecular formula is C45H78NO8+. The van der Waals surface area contributed by atoms with E-state index < -0.39 is 24.3 Å². The molecule has 54 heavy (non-hydrogen) atoms. The number of rotatable bonds is 37. The second-order valence-corrected chi connectivity index (χ2v) is 14.9. The molecule has 0 aromatic heterocycles. The van der Waals surface area contributed by atoms with Crippen LogP contribution in [0.25, 0.3) is 0 Å². The minimum Gasteiger partial charge on any atom is -0.477 e. The van der Waals surface area contributed by atoms with Crippen molar-refractivity contribution in [3.8, 4) is 0 Å². The smallest absolute Gasteiger partial charge is 0.361 e. The van der Waals surface area contributed by atoms with Crippen molar-refractivity contribution in [2.75, 3.05) is 47.5 Å². The third kappa shape index (κ3) is 37.3. The average molecular weight is 761 g/mol. The van der Waals surface area contributed by atoms with E-state index in [0.29, 0.717) is 17.4 Å². The molecule has 0 saturated carbocycles. The normalized spacial score (nSPS) is 13.6. The van der Waals surface area contributed by atoms with Crippen LogP contribution in [0.1, 0.15) is 149 Å². The lowest BCUT2D eigenvalue weighted by Crippen LogP contribution is -2.40. The average Bonchev–Trinajstić information content (AvgIpc) is 3.12. The summed E-state index contributed by atoms with van der Waals surface area (Å²) < 4.78 is 22.6. The Labute approximate surface area is 329 Å². The minimum absolute atomic E-state index is 0.179. The highest BCUT2D eigenvalue weighted by Gasteiger charge is 2.25. The summed E-state index contributed by atoms with van der Waals surface area (Å²) in [5.41, 5.74) is 0. The van der Waals surface area contributed by atoms with Gasteiger partial charge >= 0.3 is 17.9 Å². The first kappa shape index (κ1) is 51.0. The third-order valence-corrected chi connectivity index (χ3v) is 8.51. The van der Waals surface area contributed by atoms with Crippen molar-refractivity contribution in [2.45, 2.75) is 161 Å². The van der Waals surface area contributed by atoms with Gasteiger partial charge in [-0.3, -0.25) is 9.59 Å². The molecule has 310 valence electrons. The van der Waals surface area contributed by atoms with Crippen molar-refractivity contribution >= 4 is 17.9 Å². The van der Waals surface area contributed by atoms with E-state index >= 15 is 0 Å². The SMILES string of the molecule is CC/C=C\C/C=C\C/C=C\C/C=C\CCCCCCC(=O)OC(COC(=O)CCCCCCC/C=C\CCCCC)COC(OCC[N+](C)(C)C)C(=O)O. The van der Waals surface area contributed by atoms with Crippen molar-refractivity contribution in [2.24, 2.45) is 0 Å². The number of quaternary nitrogens is 1. The van der Waals surface area contributed by atoms with Crippen molar-refractivity contribution in [1.82, 2.24) is 0 Å². The second kappa shape index (κ2) is 36.9. The summed E-state index contributed by atoms with van der Waals surface area (Å²) in [6.45, 7) is 4.66. The second-order valence-electron chi connectivity index (χ2n) is 14.9. The molecule has 9 nitrogen and oxygen atoms in total. The van der Waals surface area contributed by atoms with Crippen LogP contribution in [-0.2, 0) is 33.3 Å². The number of carbonyl (C=O) groups excluding carboxylic acids is 2. The largest absolute Gasteiger partial charge is 0.477 e. The van der Waals surface area contributed by atoms with E-state index in [0.717, 1.165) is 89.9 Å². The Morgan fingerprint density at radius 1 is 0.574 bits per heavy atom. The number of aliphatic carboxylic acids is 1. The van der Waals surface area contributed by atoms with Crippen LogP contribution in [0.5, 0.6) is 0 Å². The number of nitrogens with zero attached hydrogens (tertiary/aromatic N) is 1. The summed E-state index contributed by atoms with van der Waals surface area (Å²) in [5, 5.41) is 9.61. The fraction of sp³-hybridized carbons (Fsp3) is 0.711. The number of hydrogen-bond donors (Lipinski definition) is 1. The van der Waals surface area contributed by atoms with Crippen LogP contribution in [0.4, 0.5) is 0 Å². The molecule has 0 amide bonds. The summed E-state index contributed by atoms with van der Waals surface area (Å²) in [6, 6.07) is 0. The molecule has 9 heteroatoms. The Hall–Kier alpha value is -3.01. The van der Waals surface area contributed by atoms with Gasteiger partial charge in [-0.05, 0) is 77.0 Å². The van der Waals surface area contributed by atoms with E-state index in [1.54, 1.807) is 0 Å². The molecule has 0 heterocycles. The van der Waals surface area contributed by atoms with Gasteiger partial charge in [0.15, 0.2) is 6.10 Å². The quantitative estimate of drug-likeness (QED) is 0.0219. The van der Waals surface area contributed by atoms with Gasteiger partial charge in [-0.1, -0.05) is 120 Å². The van der Waals surface area contributed by atoms with E-state index in [-0.39, 0.29) is 38.6 Å². The monoisotopic (exact) mass is 761 g/mol. The lowest BCUT2D eigenvalue weighted by atomic mass is 10.1. The lowest BCUT2D eigenvalue weighted by Gasteiger charge is -2.25. The molecule has 0 radical (unpaired) electrons. The summed E-state index contributed by atoms with van der Waals surface area (Å²) in [7, 11) is 5.93. The first-order valence-corrected chi connectivity index (χ1v) is 21.0. The van der Waals surface area contributed by atoms with Gasteiger partial charge in [0.1, 0.15) is 13.2 Å². The molecule has 0 aliphatic heterocycles. The molecule has 1 N–H and O–H groups in total. The molecule has 2 atom stereocenters. The first-order chi connectivity index (χ1) is 26.1. The Balaban J connectivity index is 4.56. The lowest BCUT2D eigenvalue weighted by molar-refractivity contribution is -0.870. The maximum Gasteiger partial charge on any atom is 0.361 e. The Morgan fingerprint density at radius 3 is 1.59 bits per heavy atom. The Morgan fingerprint density at radius 2 is 1.06 bits per heavy atom. The predicted molar refractivity (Wildman–Crippen MR) is 221 cm³/mol. The molecule has 0 aromatic rings. The number of hydrogen-bond acceptors (Lipinski definition) is 7. The summed E-state index contributed by atoms with van der Waals surface area (Å²) in [4.78, 5) is 37.0. The molecule has 0 bridgehead atoms. The number of allylic oxidation sites excluding steroid dienone is 10. The fourth-order valence-corrected chi connectivity index (χ4v) is 5.23. The van der Waals surface area contributed by atoms with Gasteiger partial charge in [0.05, 0.1) is 34.4 Å². The highest BCUT2D eigenvalue weighted by molar-refractivity contribution is 5.71. The molecular weight excluding hydrogens is 682 g/mol. The first-order valence-electron chi connectivity index (χ1n) is 21.0. The zero-order chi connectivity index (χ0) is 40.0. The van der Waals surface area contributed by atoms with Gasteiger partial charge in [0.2, 0.25) is 0 Å². The van der Waals surface area contributed by atoms with E-state index in [4.69, 9.17) is 18.9 Å². The molecule has 0 fully saturated rings. The molecule has 2 unspecified atom stereocenters. The number of carboxylic acid groups (broad SMARTS) is 1. The zero-order valence-electron chi connectivity index (χ0n) is 34.9. The van der Waals surface area contributed by atoms with Crippen LogP contribution >= 0.6 is 0 Å². The van der Waals surface area contributed by atoms with E-state index in [2.05, 4.69) is 74.6 Å². The van der Waals surface area contributed by atoms with Crippen LogP contribution in [-0.4, -0.2) is 87.4 Å². The van der Waals surface area contributed by atoms with Gasteiger partial charge in [0.25, 0.3) is 6.29 Å². The standard InChI is InChI=1S/C45H77NO8/c1-6-8-10-12-14-16-18-20-21-22-23-24-26-28-30-32-34-36-43(48)54-41(40-53-45(44(49)50)51-38-37-46(3,4)5)39-52-42(47)35-33-31-29-27-25-19-17-15-13-11-9-7-2/h8,10,14-17,20-21,23-24,41,45H,6-7,9,11-13,18-19,22,25-40H2,1-5H3/p+1/b10-8-,16-14-,17-15-,21-20-,24-23-.